The molecular formula is C32H43N5O7. The molecule has 3 aliphatic rings. The van der Waals surface area contributed by atoms with Gasteiger partial charge in [0.05, 0.1) is 25.6 Å². The number of fused-ring (bicyclic) bond motifs is 2. The molecule has 5 amide bonds. The average Bonchev–Trinajstić information content (AvgIpc) is 3.49. The van der Waals surface area contributed by atoms with Gasteiger partial charge in [-0.25, -0.2) is 9.59 Å². The first-order valence-corrected chi connectivity index (χ1v) is 15.4. The van der Waals surface area contributed by atoms with Crippen LogP contribution in [0.1, 0.15) is 51.5 Å². The molecule has 3 atom stereocenters. The van der Waals surface area contributed by atoms with Crippen LogP contribution in [0.3, 0.4) is 0 Å². The van der Waals surface area contributed by atoms with Crippen molar-refractivity contribution in [2.75, 3.05) is 44.2 Å². The highest BCUT2D eigenvalue weighted by Gasteiger charge is 2.32. The zero-order valence-corrected chi connectivity index (χ0v) is 25.6. The number of amides is 5. The number of anilines is 2. The Kier molecular flexibility index (Phi) is 9.99. The summed E-state index contributed by atoms with van der Waals surface area (Å²) >= 11 is 0. The molecule has 0 spiro atoms. The topological polar surface area (TPSA) is 142 Å². The largest absolute Gasteiger partial charge is 0.488 e. The van der Waals surface area contributed by atoms with E-state index in [1.807, 2.05) is 13.8 Å². The zero-order chi connectivity index (χ0) is 31.2. The van der Waals surface area contributed by atoms with Crippen molar-refractivity contribution in [2.24, 2.45) is 5.92 Å². The molecule has 0 bridgehead atoms. The molecule has 44 heavy (non-hydrogen) atoms. The minimum atomic E-state index is -0.466. The van der Waals surface area contributed by atoms with Gasteiger partial charge in [0.1, 0.15) is 11.9 Å². The van der Waals surface area contributed by atoms with Crippen LogP contribution in [0.2, 0.25) is 0 Å². The van der Waals surface area contributed by atoms with Gasteiger partial charge in [-0.1, -0.05) is 26.2 Å². The molecular weight excluding hydrogens is 566 g/mol. The molecule has 12 heteroatoms. The van der Waals surface area contributed by atoms with E-state index in [0.29, 0.717) is 47.3 Å². The summed E-state index contributed by atoms with van der Waals surface area (Å²) in [5.41, 5.74) is 1.61. The number of benzene rings is 2. The quantitative estimate of drug-likeness (QED) is 0.369. The third-order valence-corrected chi connectivity index (χ3v) is 8.54. The number of ether oxygens (including phenoxy) is 3. The minimum Gasteiger partial charge on any atom is -0.488 e. The summed E-state index contributed by atoms with van der Waals surface area (Å²) in [4.78, 5) is 42.7. The van der Waals surface area contributed by atoms with Crippen LogP contribution in [0.5, 0.6) is 17.2 Å². The van der Waals surface area contributed by atoms with E-state index in [2.05, 4.69) is 16.0 Å². The van der Waals surface area contributed by atoms with Crippen molar-refractivity contribution in [3.63, 3.8) is 0 Å². The Morgan fingerprint density at radius 2 is 1.70 bits per heavy atom. The van der Waals surface area contributed by atoms with E-state index in [0.717, 1.165) is 25.7 Å². The van der Waals surface area contributed by atoms with Crippen molar-refractivity contribution in [3.05, 3.63) is 42.0 Å². The predicted octanol–water partition coefficient (Wildman–Crippen LogP) is 4.18. The van der Waals surface area contributed by atoms with Gasteiger partial charge < -0.3 is 45.1 Å². The molecule has 2 aromatic carbocycles. The third kappa shape index (κ3) is 7.65. The van der Waals surface area contributed by atoms with Crippen molar-refractivity contribution >= 4 is 29.3 Å². The van der Waals surface area contributed by atoms with E-state index >= 15 is 0 Å². The molecule has 0 unspecified atom stereocenters. The molecule has 5 rings (SSSR count). The number of likely N-dealkylation sites (N-methyl/N-ethyl adjacent to an activating group) is 1. The Morgan fingerprint density at radius 3 is 2.43 bits per heavy atom. The average molecular weight is 610 g/mol. The van der Waals surface area contributed by atoms with Crippen LogP contribution in [0.4, 0.5) is 21.0 Å². The molecule has 238 valence electrons. The Hall–Kier alpha value is -4.19. The molecule has 0 saturated heterocycles. The summed E-state index contributed by atoms with van der Waals surface area (Å²) in [6, 6.07) is 9.49. The maximum atomic E-state index is 13.5. The highest BCUT2D eigenvalue weighted by molar-refractivity contribution is 6.00. The van der Waals surface area contributed by atoms with E-state index < -0.39 is 18.2 Å². The monoisotopic (exact) mass is 609 g/mol. The number of rotatable bonds is 7. The lowest BCUT2D eigenvalue weighted by atomic mass is 9.96. The first kappa shape index (κ1) is 31.2. The Balaban J connectivity index is 1.32. The molecule has 1 saturated carbocycles. The number of carbonyl (C=O) groups is 3. The lowest BCUT2D eigenvalue weighted by Crippen LogP contribution is -2.50. The fourth-order valence-corrected chi connectivity index (χ4v) is 5.88. The number of aliphatic hydroxyl groups excluding tert-OH is 1. The van der Waals surface area contributed by atoms with Crippen LogP contribution in [-0.2, 0) is 11.2 Å². The van der Waals surface area contributed by atoms with Gasteiger partial charge in [-0.3, -0.25) is 4.79 Å². The molecule has 0 radical (unpaired) electrons. The molecule has 2 heterocycles. The standard InChI is InChI=1S/C32H43N5O7/c1-20-16-37(21(2)18-38)30(39)14-22-13-24(33-31(40)34-25-10-12-27-28(15-25)43-19-42-27)9-11-26(22)44-29(20)17-36(3)32(41)35-23-7-5-4-6-8-23/h9-13,15,20-21,23,29,38H,4-8,14,16-19H2,1-3H3,(H,35,41)(H2,33,34,40)/t20-,21-,29+/m1/s1. The smallest absolute Gasteiger partial charge is 0.323 e. The van der Waals surface area contributed by atoms with Crippen LogP contribution >= 0.6 is 0 Å². The molecule has 4 N–H and O–H groups in total. The molecule has 2 aromatic rings. The Morgan fingerprint density at radius 1 is 1.02 bits per heavy atom. The molecule has 0 aromatic heterocycles. The minimum absolute atomic E-state index is 0.0242. The number of hydrogen-bond acceptors (Lipinski definition) is 7. The van der Waals surface area contributed by atoms with Crippen molar-refractivity contribution in [1.29, 1.82) is 0 Å². The first-order chi connectivity index (χ1) is 21.2. The number of nitrogens with zero attached hydrogens (tertiary/aromatic N) is 2. The SMILES string of the molecule is C[C@@H]1CN([C@H](C)CO)C(=O)Cc2cc(NC(=O)Nc3ccc4c(c3)OCO4)ccc2O[C@H]1CN(C)C(=O)NC1CCCCC1. The summed E-state index contributed by atoms with van der Waals surface area (Å²) in [6.45, 7) is 4.43. The second-order valence-corrected chi connectivity index (χ2v) is 12.0. The number of urea groups is 2. The van der Waals surface area contributed by atoms with Gasteiger partial charge in [-0.15, -0.1) is 0 Å². The van der Waals surface area contributed by atoms with Crippen molar-refractivity contribution in [2.45, 2.75) is 70.6 Å². The lowest BCUT2D eigenvalue weighted by molar-refractivity contribution is -0.134. The van der Waals surface area contributed by atoms with Gasteiger partial charge in [-0.05, 0) is 50.1 Å². The van der Waals surface area contributed by atoms with Crippen molar-refractivity contribution < 1.29 is 33.7 Å². The summed E-state index contributed by atoms with van der Waals surface area (Å²) in [7, 11) is 1.76. The number of aliphatic hydroxyl groups is 1. The van der Waals surface area contributed by atoms with E-state index in [-0.39, 0.29) is 43.7 Å². The zero-order valence-electron chi connectivity index (χ0n) is 25.6. The summed E-state index contributed by atoms with van der Waals surface area (Å²) in [5, 5.41) is 18.7. The normalized spacial score (nSPS) is 20.7. The van der Waals surface area contributed by atoms with Gasteiger partial charge in [0.15, 0.2) is 11.5 Å². The van der Waals surface area contributed by atoms with E-state index in [1.54, 1.807) is 53.2 Å². The number of nitrogens with one attached hydrogen (secondary N) is 3. The number of hydrogen-bond donors (Lipinski definition) is 4. The van der Waals surface area contributed by atoms with Crippen molar-refractivity contribution in [3.8, 4) is 17.2 Å². The van der Waals surface area contributed by atoms with Gasteiger partial charge in [0.2, 0.25) is 12.7 Å². The summed E-state index contributed by atoms with van der Waals surface area (Å²) < 4.78 is 17.2. The van der Waals surface area contributed by atoms with Gasteiger partial charge in [0, 0.05) is 48.6 Å². The molecule has 12 nitrogen and oxygen atoms in total. The highest BCUT2D eigenvalue weighted by atomic mass is 16.7. The fraction of sp³-hybridized carbons (Fsp3) is 0.531. The van der Waals surface area contributed by atoms with E-state index in [1.165, 1.54) is 6.42 Å². The summed E-state index contributed by atoms with van der Waals surface area (Å²) in [5.74, 6) is 1.38. The molecule has 1 aliphatic carbocycles. The van der Waals surface area contributed by atoms with E-state index in [4.69, 9.17) is 14.2 Å². The second-order valence-electron chi connectivity index (χ2n) is 12.0. The molecule has 1 fully saturated rings. The predicted molar refractivity (Wildman–Crippen MR) is 165 cm³/mol. The van der Waals surface area contributed by atoms with Gasteiger partial charge >= 0.3 is 12.1 Å². The second kappa shape index (κ2) is 14.1. The van der Waals surface area contributed by atoms with Gasteiger partial charge in [0.25, 0.3) is 0 Å². The van der Waals surface area contributed by atoms with Crippen LogP contribution in [0.15, 0.2) is 36.4 Å². The Labute approximate surface area is 258 Å². The number of carbonyl (C=O) groups excluding carboxylic acids is 3. The molecule has 2 aliphatic heterocycles. The lowest BCUT2D eigenvalue weighted by Gasteiger charge is -2.34. The maximum Gasteiger partial charge on any atom is 0.323 e. The van der Waals surface area contributed by atoms with Crippen molar-refractivity contribution in [1.82, 2.24) is 15.1 Å². The maximum absolute atomic E-state index is 13.5. The highest BCUT2D eigenvalue weighted by Crippen LogP contribution is 2.34. The van der Waals surface area contributed by atoms with Crippen LogP contribution in [-0.4, -0.2) is 84.6 Å². The Bertz CT molecular complexity index is 1350. The fourth-order valence-electron chi connectivity index (χ4n) is 5.88. The van der Waals surface area contributed by atoms with Crippen LogP contribution < -0.4 is 30.2 Å². The van der Waals surface area contributed by atoms with Crippen LogP contribution in [0.25, 0.3) is 0 Å². The van der Waals surface area contributed by atoms with Crippen LogP contribution in [0, 0.1) is 5.92 Å². The van der Waals surface area contributed by atoms with Gasteiger partial charge in [-0.2, -0.15) is 0 Å². The first-order valence-electron chi connectivity index (χ1n) is 15.4. The summed E-state index contributed by atoms with van der Waals surface area (Å²) in [6.07, 6.45) is 5.03. The third-order valence-electron chi connectivity index (χ3n) is 8.54. The van der Waals surface area contributed by atoms with E-state index in [9.17, 15) is 19.5 Å².